The molecule has 2 aromatic rings. The summed E-state index contributed by atoms with van der Waals surface area (Å²) in [5.74, 6) is -2.09. The van der Waals surface area contributed by atoms with Crippen LogP contribution in [0.4, 0.5) is 0 Å². The molecule has 1 aromatic carbocycles. The zero-order valence-electron chi connectivity index (χ0n) is 12.7. The van der Waals surface area contributed by atoms with Crippen LogP contribution in [0.3, 0.4) is 0 Å². The fourth-order valence-electron chi connectivity index (χ4n) is 1.69. The van der Waals surface area contributed by atoms with Gasteiger partial charge in [0.1, 0.15) is 5.76 Å². The molecule has 3 N–H and O–H groups in total. The number of carbonyl (C=O) groups is 3. The molecule has 0 fully saturated rings. The lowest BCUT2D eigenvalue weighted by Gasteiger charge is -2.05. The van der Waals surface area contributed by atoms with Crippen LogP contribution < -0.4 is 16.2 Å². The molecule has 9 heteroatoms. The highest BCUT2D eigenvalue weighted by Crippen LogP contribution is 2.26. The van der Waals surface area contributed by atoms with Crippen molar-refractivity contribution in [3.05, 3.63) is 64.0 Å². The van der Waals surface area contributed by atoms with E-state index in [1.165, 1.54) is 12.3 Å². The van der Waals surface area contributed by atoms with E-state index in [1.807, 2.05) is 5.43 Å². The molecule has 0 aliphatic heterocycles. The van der Waals surface area contributed by atoms with Gasteiger partial charge in [0.2, 0.25) is 0 Å². The Labute approximate surface area is 152 Å². The van der Waals surface area contributed by atoms with Crippen LogP contribution in [0.15, 0.2) is 47.1 Å². The minimum Gasteiger partial charge on any atom is -0.467 e. The molecular weight excluding hydrogens is 369 g/mol. The molecule has 0 aliphatic rings. The first-order chi connectivity index (χ1) is 12.0. The monoisotopic (exact) mass is 381 g/mol. The number of hydrogen-bond donors (Lipinski definition) is 3. The second kappa shape index (κ2) is 8.91. The van der Waals surface area contributed by atoms with Gasteiger partial charge in [-0.25, -0.2) is 0 Å². The standard InChI is InChI=1S/C16H13Cl2N3O4/c17-12-5-1-3-10(14(12)18)6-7-13(22)20-21-16(24)15(23)19-9-11-4-2-8-25-11/h1-8H,9H2,(H,19,23)(H,20,22)(H,21,24)/b7-6+. The number of nitrogens with one attached hydrogen (secondary N) is 3. The van der Waals surface area contributed by atoms with E-state index >= 15 is 0 Å². The van der Waals surface area contributed by atoms with E-state index in [0.717, 1.165) is 6.08 Å². The Kier molecular flexibility index (Phi) is 6.62. The Morgan fingerprint density at radius 2 is 1.84 bits per heavy atom. The predicted octanol–water partition coefficient (Wildman–Crippen LogP) is 2.06. The maximum absolute atomic E-state index is 11.6. The summed E-state index contributed by atoms with van der Waals surface area (Å²) >= 11 is 11.8. The first-order valence-electron chi connectivity index (χ1n) is 7.00. The smallest absolute Gasteiger partial charge is 0.327 e. The van der Waals surface area contributed by atoms with Crippen molar-refractivity contribution in [3.8, 4) is 0 Å². The highest BCUT2D eigenvalue weighted by molar-refractivity contribution is 6.42. The van der Waals surface area contributed by atoms with Crippen LogP contribution in [0.25, 0.3) is 6.08 Å². The van der Waals surface area contributed by atoms with E-state index < -0.39 is 17.7 Å². The number of carbonyl (C=O) groups excluding carboxylic acids is 3. The summed E-state index contributed by atoms with van der Waals surface area (Å²) in [7, 11) is 0. The second-order valence-electron chi connectivity index (χ2n) is 4.68. The Morgan fingerprint density at radius 3 is 2.56 bits per heavy atom. The number of benzene rings is 1. The number of hydrazine groups is 1. The van der Waals surface area contributed by atoms with Crippen LogP contribution in [0.2, 0.25) is 10.0 Å². The molecule has 0 bridgehead atoms. The molecule has 0 aliphatic carbocycles. The van der Waals surface area contributed by atoms with Gasteiger partial charge < -0.3 is 9.73 Å². The van der Waals surface area contributed by atoms with Gasteiger partial charge in [-0.2, -0.15) is 0 Å². The van der Waals surface area contributed by atoms with Gasteiger partial charge in [0, 0.05) is 6.08 Å². The van der Waals surface area contributed by atoms with Crippen molar-refractivity contribution in [2.24, 2.45) is 0 Å². The van der Waals surface area contributed by atoms with Crippen molar-refractivity contribution < 1.29 is 18.8 Å². The molecule has 0 atom stereocenters. The molecule has 25 heavy (non-hydrogen) atoms. The molecule has 3 amide bonds. The number of rotatable bonds is 4. The predicted molar refractivity (Wildman–Crippen MR) is 92.3 cm³/mol. The van der Waals surface area contributed by atoms with E-state index in [0.29, 0.717) is 21.4 Å². The van der Waals surface area contributed by atoms with Crippen molar-refractivity contribution in [2.75, 3.05) is 0 Å². The van der Waals surface area contributed by atoms with Gasteiger partial charge >= 0.3 is 11.8 Å². The van der Waals surface area contributed by atoms with Crippen LogP contribution in [0.5, 0.6) is 0 Å². The Balaban J connectivity index is 1.78. The zero-order valence-corrected chi connectivity index (χ0v) is 14.2. The van der Waals surface area contributed by atoms with Crippen molar-refractivity contribution in [1.29, 1.82) is 0 Å². The van der Waals surface area contributed by atoms with Crippen molar-refractivity contribution in [1.82, 2.24) is 16.2 Å². The summed E-state index contributed by atoms with van der Waals surface area (Å²) in [4.78, 5) is 34.7. The third kappa shape index (κ3) is 5.66. The molecule has 0 saturated heterocycles. The van der Waals surface area contributed by atoms with Gasteiger partial charge in [0.25, 0.3) is 5.91 Å². The highest BCUT2D eigenvalue weighted by atomic mass is 35.5. The minimum absolute atomic E-state index is 0.0559. The quantitative estimate of drug-likeness (QED) is 0.428. The summed E-state index contributed by atoms with van der Waals surface area (Å²) < 4.78 is 5.01. The molecule has 1 aromatic heterocycles. The van der Waals surface area contributed by atoms with Gasteiger partial charge in [-0.15, -0.1) is 0 Å². The fourth-order valence-corrected chi connectivity index (χ4v) is 2.06. The Bertz CT molecular complexity index is 804. The average Bonchev–Trinajstić information content (AvgIpc) is 3.12. The van der Waals surface area contributed by atoms with Crippen LogP contribution in [-0.4, -0.2) is 17.7 Å². The van der Waals surface area contributed by atoms with E-state index in [-0.39, 0.29) is 6.54 Å². The summed E-state index contributed by atoms with van der Waals surface area (Å²) in [5.41, 5.74) is 4.59. The lowest BCUT2D eigenvalue weighted by molar-refractivity contribution is -0.140. The molecule has 130 valence electrons. The molecule has 0 radical (unpaired) electrons. The van der Waals surface area contributed by atoms with E-state index in [9.17, 15) is 14.4 Å². The molecule has 0 unspecified atom stereocenters. The molecule has 1 heterocycles. The number of amides is 3. The summed E-state index contributed by atoms with van der Waals surface area (Å²) in [6, 6.07) is 8.25. The Hall–Kier alpha value is -2.77. The van der Waals surface area contributed by atoms with Gasteiger partial charge in [-0.05, 0) is 29.8 Å². The van der Waals surface area contributed by atoms with Gasteiger partial charge in [-0.3, -0.25) is 25.2 Å². The first kappa shape index (κ1) is 18.6. The van der Waals surface area contributed by atoms with Crippen molar-refractivity contribution in [3.63, 3.8) is 0 Å². The summed E-state index contributed by atoms with van der Waals surface area (Å²) in [6.45, 7) is 0.0559. The van der Waals surface area contributed by atoms with Crippen LogP contribution in [0, 0.1) is 0 Å². The fraction of sp³-hybridized carbons (Fsp3) is 0.0625. The average molecular weight is 382 g/mol. The lowest BCUT2D eigenvalue weighted by atomic mass is 10.2. The molecule has 0 spiro atoms. The SMILES string of the molecule is O=C(/C=C/c1cccc(Cl)c1Cl)NNC(=O)C(=O)NCc1ccco1. The zero-order chi connectivity index (χ0) is 18.2. The topological polar surface area (TPSA) is 100 Å². The minimum atomic E-state index is -1.02. The van der Waals surface area contributed by atoms with Crippen molar-refractivity contribution >= 4 is 47.0 Å². The molecule has 7 nitrogen and oxygen atoms in total. The third-order valence-corrected chi connectivity index (χ3v) is 3.74. The van der Waals surface area contributed by atoms with Crippen LogP contribution in [-0.2, 0) is 20.9 Å². The summed E-state index contributed by atoms with van der Waals surface area (Å²) in [6.07, 6.45) is 4.01. The number of furan rings is 1. The normalized spacial score (nSPS) is 10.5. The van der Waals surface area contributed by atoms with E-state index in [1.54, 1.807) is 30.3 Å². The van der Waals surface area contributed by atoms with E-state index in [4.69, 9.17) is 27.6 Å². The maximum atomic E-state index is 11.6. The van der Waals surface area contributed by atoms with Crippen LogP contribution >= 0.6 is 23.2 Å². The van der Waals surface area contributed by atoms with Gasteiger partial charge in [-0.1, -0.05) is 35.3 Å². The number of hydrogen-bond acceptors (Lipinski definition) is 4. The number of halogens is 2. The Morgan fingerprint density at radius 1 is 1.04 bits per heavy atom. The third-order valence-electron chi connectivity index (χ3n) is 2.90. The van der Waals surface area contributed by atoms with Crippen molar-refractivity contribution in [2.45, 2.75) is 6.54 Å². The molecular formula is C16H13Cl2N3O4. The lowest BCUT2D eigenvalue weighted by Crippen LogP contribution is -2.47. The summed E-state index contributed by atoms with van der Waals surface area (Å²) in [5, 5.41) is 2.99. The second-order valence-corrected chi connectivity index (χ2v) is 5.47. The van der Waals surface area contributed by atoms with Gasteiger partial charge in [0.15, 0.2) is 0 Å². The largest absolute Gasteiger partial charge is 0.467 e. The maximum Gasteiger partial charge on any atom is 0.327 e. The molecule has 2 rings (SSSR count). The molecule has 0 saturated carbocycles. The first-order valence-corrected chi connectivity index (χ1v) is 7.75. The highest BCUT2D eigenvalue weighted by Gasteiger charge is 2.13. The van der Waals surface area contributed by atoms with E-state index in [2.05, 4.69) is 10.7 Å². The van der Waals surface area contributed by atoms with Crippen LogP contribution in [0.1, 0.15) is 11.3 Å². The van der Waals surface area contributed by atoms with Gasteiger partial charge in [0.05, 0.1) is 22.9 Å².